The van der Waals surface area contributed by atoms with Gasteiger partial charge >= 0.3 is 5.97 Å². The van der Waals surface area contributed by atoms with Crippen molar-refractivity contribution in [2.75, 3.05) is 13.7 Å². The van der Waals surface area contributed by atoms with Gasteiger partial charge < -0.3 is 20.3 Å². The molecule has 0 aliphatic heterocycles. The molecule has 0 saturated heterocycles. The van der Waals surface area contributed by atoms with Crippen molar-refractivity contribution >= 4 is 5.97 Å². The van der Waals surface area contributed by atoms with Crippen molar-refractivity contribution in [3.63, 3.8) is 0 Å². The van der Waals surface area contributed by atoms with E-state index >= 15 is 0 Å². The summed E-state index contributed by atoms with van der Waals surface area (Å²) in [6, 6.07) is 16.1. The summed E-state index contributed by atoms with van der Waals surface area (Å²) >= 11 is 0. The molecule has 2 aromatic rings. The van der Waals surface area contributed by atoms with Gasteiger partial charge in [0, 0.05) is 0 Å². The fourth-order valence-corrected chi connectivity index (χ4v) is 1.79. The Morgan fingerprint density at radius 3 is 2.17 bits per heavy atom. The molecule has 23 heavy (non-hydrogen) atoms. The first-order valence-electron chi connectivity index (χ1n) is 7.36. The molecule has 1 atom stereocenters. The summed E-state index contributed by atoms with van der Waals surface area (Å²) < 4.78 is 10.2. The lowest BCUT2D eigenvalue weighted by atomic mass is 10.1. The normalized spacial score (nSPS) is 10.9. The van der Waals surface area contributed by atoms with Crippen LogP contribution in [0.25, 0.3) is 0 Å². The van der Waals surface area contributed by atoms with Crippen molar-refractivity contribution in [2.24, 2.45) is 5.73 Å². The number of hydrogen-bond acceptors (Lipinski definition) is 4. The number of aliphatic carboxylic acids is 1. The number of benzene rings is 2. The summed E-state index contributed by atoms with van der Waals surface area (Å²) in [4.78, 5) is 10.5. The van der Waals surface area contributed by atoms with Gasteiger partial charge in [0.1, 0.15) is 17.5 Å². The van der Waals surface area contributed by atoms with Crippen LogP contribution in [0.1, 0.15) is 12.5 Å². The van der Waals surface area contributed by atoms with Gasteiger partial charge in [0.15, 0.2) is 0 Å². The third kappa shape index (κ3) is 7.33. The third-order valence-corrected chi connectivity index (χ3v) is 2.99. The minimum atomic E-state index is -0.985. The van der Waals surface area contributed by atoms with Crippen LogP contribution in [0, 0.1) is 0 Å². The lowest BCUT2D eigenvalue weighted by Gasteiger charge is -2.06. The van der Waals surface area contributed by atoms with Crippen LogP contribution >= 0.6 is 0 Å². The van der Waals surface area contributed by atoms with Crippen LogP contribution in [0.4, 0.5) is 0 Å². The van der Waals surface area contributed by atoms with Gasteiger partial charge in [-0.1, -0.05) is 30.3 Å². The van der Waals surface area contributed by atoms with Crippen LogP contribution in [-0.2, 0) is 11.2 Å². The summed E-state index contributed by atoms with van der Waals surface area (Å²) in [6.45, 7) is 2.72. The summed E-state index contributed by atoms with van der Waals surface area (Å²) in [5.41, 5.74) is 6.28. The van der Waals surface area contributed by atoms with Crippen molar-refractivity contribution in [1.82, 2.24) is 0 Å². The maximum atomic E-state index is 10.5. The van der Waals surface area contributed by atoms with Crippen LogP contribution in [0.2, 0.25) is 0 Å². The molecule has 0 aliphatic rings. The summed E-state index contributed by atoms with van der Waals surface area (Å²) in [6.07, 6.45) is 0.333. The second kappa shape index (κ2) is 10.2. The van der Waals surface area contributed by atoms with Crippen molar-refractivity contribution in [3.05, 3.63) is 60.2 Å². The standard InChI is InChI=1S/C10H13NO3.C8H10O/c1-14-8-4-2-7(3-5-8)6-9(11)10(12)13;1-2-9-8-6-4-3-5-7-8/h2-5,9H,6,11H2,1H3,(H,12,13);3-7H,2H2,1H3/t9-;/m0./s1. The average Bonchev–Trinajstić information content (AvgIpc) is 2.57. The van der Waals surface area contributed by atoms with E-state index in [9.17, 15) is 4.79 Å². The second-order valence-electron chi connectivity index (χ2n) is 4.74. The number of rotatable bonds is 6. The molecule has 5 heteroatoms. The Kier molecular flexibility index (Phi) is 8.24. The summed E-state index contributed by atoms with van der Waals surface area (Å²) in [5, 5.41) is 8.59. The van der Waals surface area contributed by atoms with Gasteiger partial charge in [-0.15, -0.1) is 0 Å². The molecular weight excluding hydrogens is 294 g/mol. The highest BCUT2D eigenvalue weighted by Crippen LogP contribution is 2.12. The largest absolute Gasteiger partial charge is 0.497 e. The molecule has 0 heterocycles. The van der Waals surface area contributed by atoms with Crippen LogP contribution < -0.4 is 15.2 Å². The molecule has 0 saturated carbocycles. The molecule has 0 fully saturated rings. The molecule has 0 bridgehead atoms. The SMILES string of the molecule is CCOc1ccccc1.COc1ccc(C[C@H](N)C(=O)O)cc1. The Morgan fingerprint density at radius 2 is 1.70 bits per heavy atom. The smallest absolute Gasteiger partial charge is 0.320 e. The van der Waals surface area contributed by atoms with Gasteiger partial charge in [-0.2, -0.15) is 0 Å². The van der Waals surface area contributed by atoms with Crippen LogP contribution in [0.15, 0.2) is 54.6 Å². The second-order valence-corrected chi connectivity index (χ2v) is 4.74. The van der Waals surface area contributed by atoms with E-state index in [1.807, 2.05) is 49.4 Å². The predicted octanol–water partition coefficient (Wildman–Crippen LogP) is 2.73. The highest BCUT2D eigenvalue weighted by Gasteiger charge is 2.11. The number of carbonyl (C=O) groups is 1. The Hall–Kier alpha value is -2.53. The Balaban J connectivity index is 0.000000253. The lowest BCUT2D eigenvalue weighted by Crippen LogP contribution is -2.32. The van der Waals surface area contributed by atoms with Crippen molar-refractivity contribution in [2.45, 2.75) is 19.4 Å². The van der Waals surface area contributed by atoms with Gasteiger partial charge in [-0.3, -0.25) is 4.79 Å². The Labute approximate surface area is 136 Å². The summed E-state index contributed by atoms with van der Waals surface area (Å²) in [7, 11) is 1.58. The molecule has 0 unspecified atom stereocenters. The fourth-order valence-electron chi connectivity index (χ4n) is 1.79. The fraction of sp³-hybridized carbons (Fsp3) is 0.278. The highest BCUT2D eigenvalue weighted by molar-refractivity contribution is 5.73. The topological polar surface area (TPSA) is 81.8 Å². The first-order valence-corrected chi connectivity index (χ1v) is 7.36. The van der Waals surface area contributed by atoms with Gasteiger partial charge in [-0.25, -0.2) is 0 Å². The van der Waals surface area contributed by atoms with Gasteiger partial charge in [0.25, 0.3) is 0 Å². The quantitative estimate of drug-likeness (QED) is 0.856. The van der Waals surface area contributed by atoms with E-state index in [1.165, 1.54) is 0 Å². The highest BCUT2D eigenvalue weighted by atomic mass is 16.5. The van der Waals surface area contributed by atoms with E-state index in [-0.39, 0.29) is 0 Å². The third-order valence-electron chi connectivity index (χ3n) is 2.99. The number of ether oxygens (including phenoxy) is 2. The average molecular weight is 317 g/mol. The molecule has 0 aromatic heterocycles. The molecule has 5 nitrogen and oxygen atoms in total. The van der Waals surface area contributed by atoms with E-state index < -0.39 is 12.0 Å². The van der Waals surface area contributed by atoms with Gasteiger partial charge in [0.05, 0.1) is 13.7 Å². The lowest BCUT2D eigenvalue weighted by molar-refractivity contribution is -0.138. The number of para-hydroxylation sites is 1. The van der Waals surface area contributed by atoms with Crippen molar-refractivity contribution < 1.29 is 19.4 Å². The van der Waals surface area contributed by atoms with E-state index in [0.717, 1.165) is 23.7 Å². The minimum absolute atomic E-state index is 0.333. The molecule has 0 aliphatic carbocycles. The molecule has 3 N–H and O–H groups in total. The number of carboxylic acids is 1. The zero-order chi connectivity index (χ0) is 17.1. The van der Waals surface area contributed by atoms with Crippen molar-refractivity contribution in [3.8, 4) is 11.5 Å². The molecular formula is C18H23NO4. The molecule has 0 amide bonds. The van der Waals surface area contributed by atoms with E-state index in [0.29, 0.717) is 6.42 Å². The zero-order valence-electron chi connectivity index (χ0n) is 13.4. The van der Waals surface area contributed by atoms with Gasteiger partial charge in [0.2, 0.25) is 0 Å². The Morgan fingerprint density at radius 1 is 1.09 bits per heavy atom. The molecule has 2 rings (SSSR count). The molecule has 2 aromatic carbocycles. The number of hydrogen-bond donors (Lipinski definition) is 2. The predicted molar refractivity (Wildman–Crippen MR) is 89.9 cm³/mol. The van der Waals surface area contributed by atoms with Crippen LogP contribution in [0.3, 0.4) is 0 Å². The molecule has 0 spiro atoms. The van der Waals surface area contributed by atoms with Crippen LogP contribution in [0.5, 0.6) is 11.5 Å². The number of methoxy groups -OCH3 is 1. The number of nitrogens with two attached hydrogens (primary N) is 1. The molecule has 124 valence electrons. The minimum Gasteiger partial charge on any atom is -0.497 e. The van der Waals surface area contributed by atoms with E-state index in [1.54, 1.807) is 19.2 Å². The maximum Gasteiger partial charge on any atom is 0.320 e. The van der Waals surface area contributed by atoms with E-state index in [4.69, 9.17) is 20.3 Å². The number of carboxylic acid groups (broad SMARTS) is 1. The monoisotopic (exact) mass is 317 g/mol. The van der Waals surface area contributed by atoms with Gasteiger partial charge in [-0.05, 0) is 43.2 Å². The zero-order valence-corrected chi connectivity index (χ0v) is 13.4. The van der Waals surface area contributed by atoms with Crippen molar-refractivity contribution in [1.29, 1.82) is 0 Å². The van der Waals surface area contributed by atoms with E-state index in [2.05, 4.69) is 0 Å². The maximum absolute atomic E-state index is 10.5. The molecule has 0 radical (unpaired) electrons. The van der Waals surface area contributed by atoms with Crippen LogP contribution in [-0.4, -0.2) is 30.8 Å². The first-order chi connectivity index (χ1) is 11.1. The summed E-state index contributed by atoms with van der Waals surface area (Å²) in [5.74, 6) is 0.707. The Bertz CT molecular complexity index is 569. The first kappa shape index (κ1) is 18.5.